The van der Waals surface area contributed by atoms with Gasteiger partial charge in [-0.1, -0.05) is 25.8 Å². The summed E-state index contributed by atoms with van der Waals surface area (Å²) in [7, 11) is 0. The zero-order valence-electron chi connectivity index (χ0n) is 12.3. The van der Waals surface area contributed by atoms with E-state index in [4.69, 9.17) is 0 Å². The van der Waals surface area contributed by atoms with E-state index in [1.54, 1.807) is 0 Å². The van der Waals surface area contributed by atoms with Crippen LogP contribution in [0.4, 0.5) is 26.3 Å². The molecule has 0 radical (unpaired) electrons. The predicted octanol–water partition coefficient (Wildman–Crippen LogP) is 5.92. The minimum Gasteiger partial charge on any atom is -0.204 e. The molecule has 0 bridgehead atoms. The molecule has 23 heavy (non-hydrogen) atoms. The topological polar surface area (TPSA) is 0 Å². The van der Waals surface area contributed by atoms with Crippen molar-refractivity contribution in [3.05, 3.63) is 58.7 Å². The molecule has 0 atom stereocenters. The van der Waals surface area contributed by atoms with Crippen LogP contribution in [0.1, 0.15) is 31.7 Å². The number of rotatable bonds is 5. The summed E-state index contributed by atoms with van der Waals surface area (Å²) in [5, 5.41) is 0. The molecule has 0 nitrogen and oxygen atoms in total. The lowest BCUT2D eigenvalue weighted by atomic mass is 9.98. The van der Waals surface area contributed by atoms with Crippen molar-refractivity contribution in [2.75, 3.05) is 0 Å². The van der Waals surface area contributed by atoms with E-state index >= 15 is 0 Å². The number of halogens is 6. The first-order chi connectivity index (χ1) is 10.9. The molecule has 2 aromatic rings. The first kappa shape index (κ1) is 17.4. The summed E-state index contributed by atoms with van der Waals surface area (Å²) in [6.07, 6.45) is 1.68. The summed E-state index contributed by atoms with van der Waals surface area (Å²) in [6.45, 7) is 1.88. The smallest absolute Gasteiger partial charge is 0.170 e. The van der Waals surface area contributed by atoms with E-state index in [0.29, 0.717) is 25.0 Å². The predicted molar refractivity (Wildman–Crippen MR) is 74.9 cm³/mol. The van der Waals surface area contributed by atoms with Gasteiger partial charge in [0.1, 0.15) is 0 Å². The van der Waals surface area contributed by atoms with Crippen LogP contribution in [-0.2, 0) is 6.42 Å². The maximum atomic E-state index is 14.1. The van der Waals surface area contributed by atoms with Crippen LogP contribution in [0.15, 0.2) is 18.2 Å². The minimum atomic E-state index is -1.61. The van der Waals surface area contributed by atoms with Crippen molar-refractivity contribution in [1.29, 1.82) is 0 Å². The normalized spacial score (nSPS) is 11.1. The van der Waals surface area contributed by atoms with Crippen molar-refractivity contribution in [1.82, 2.24) is 0 Å². The Morgan fingerprint density at radius 3 is 1.87 bits per heavy atom. The number of unbranched alkanes of at least 4 members (excludes halogenated alkanes) is 2. The first-order valence-electron chi connectivity index (χ1n) is 7.18. The fraction of sp³-hybridized carbons (Fsp3) is 0.294. The van der Waals surface area contributed by atoms with Gasteiger partial charge in [-0.15, -0.1) is 0 Å². The van der Waals surface area contributed by atoms with Crippen LogP contribution in [0.3, 0.4) is 0 Å². The van der Waals surface area contributed by atoms with E-state index in [9.17, 15) is 26.3 Å². The maximum absolute atomic E-state index is 14.1. The Morgan fingerprint density at radius 2 is 1.35 bits per heavy atom. The lowest BCUT2D eigenvalue weighted by molar-refractivity contribution is 0.440. The van der Waals surface area contributed by atoms with Crippen LogP contribution in [0.25, 0.3) is 11.1 Å². The van der Waals surface area contributed by atoms with Gasteiger partial charge >= 0.3 is 0 Å². The highest BCUT2D eigenvalue weighted by Gasteiger charge is 2.26. The molecule has 0 amide bonds. The molecule has 0 unspecified atom stereocenters. The van der Waals surface area contributed by atoms with Gasteiger partial charge in [-0.2, -0.15) is 0 Å². The van der Waals surface area contributed by atoms with E-state index in [1.165, 1.54) is 0 Å². The average Bonchev–Trinajstić information content (AvgIpc) is 2.52. The van der Waals surface area contributed by atoms with Crippen LogP contribution in [-0.4, -0.2) is 0 Å². The van der Waals surface area contributed by atoms with Crippen molar-refractivity contribution in [2.24, 2.45) is 0 Å². The van der Waals surface area contributed by atoms with Crippen LogP contribution in [0.2, 0.25) is 0 Å². The van der Waals surface area contributed by atoms with Gasteiger partial charge in [-0.05, 0) is 30.5 Å². The average molecular weight is 332 g/mol. The van der Waals surface area contributed by atoms with Gasteiger partial charge in [0.15, 0.2) is 34.9 Å². The molecule has 0 aliphatic rings. The molecule has 0 aliphatic heterocycles. The molecule has 0 aromatic heterocycles. The third kappa shape index (κ3) is 3.35. The Labute approximate surface area is 129 Å². The molecular weight excluding hydrogens is 318 g/mol. The first-order valence-corrected chi connectivity index (χ1v) is 7.18. The van der Waals surface area contributed by atoms with Crippen molar-refractivity contribution in [2.45, 2.75) is 32.6 Å². The molecule has 0 aliphatic carbocycles. The molecule has 0 saturated heterocycles. The Balaban J connectivity index is 2.55. The fourth-order valence-electron chi connectivity index (χ4n) is 2.35. The molecule has 0 N–H and O–H groups in total. The van der Waals surface area contributed by atoms with E-state index in [0.717, 1.165) is 12.5 Å². The van der Waals surface area contributed by atoms with Gasteiger partial charge in [0.25, 0.3) is 0 Å². The fourth-order valence-corrected chi connectivity index (χ4v) is 2.35. The third-order valence-electron chi connectivity index (χ3n) is 3.59. The minimum absolute atomic E-state index is 0.141. The van der Waals surface area contributed by atoms with Crippen LogP contribution >= 0.6 is 0 Å². The molecule has 2 aromatic carbocycles. The highest BCUT2D eigenvalue weighted by atomic mass is 19.2. The second-order valence-electron chi connectivity index (χ2n) is 5.20. The van der Waals surface area contributed by atoms with E-state index in [-0.39, 0.29) is 6.42 Å². The van der Waals surface area contributed by atoms with Gasteiger partial charge < -0.3 is 0 Å². The van der Waals surface area contributed by atoms with E-state index in [1.807, 2.05) is 6.92 Å². The van der Waals surface area contributed by atoms with Crippen molar-refractivity contribution in [3.8, 4) is 11.1 Å². The summed E-state index contributed by atoms with van der Waals surface area (Å²) in [6, 6.07) is 1.98. The molecule has 0 spiro atoms. The molecule has 124 valence electrons. The van der Waals surface area contributed by atoms with Crippen LogP contribution in [0, 0.1) is 34.9 Å². The Kier molecular flexibility index (Phi) is 5.34. The summed E-state index contributed by atoms with van der Waals surface area (Å²) >= 11 is 0. The molecule has 0 saturated carbocycles. The molecule has 0 heterocycles. The summed E-state index contributed by atoms with van der Waals surface area (Å²) < 4.78 is 82.5. The van der Waals surface area contributed by atoms with E-state index < -0.39 is 51.6 Å². The van der Waals surface area contributed by atoms with Gasteiger partial charge in [0.2, 0.25) is 0 Å². The summed E-state index contributed by atoms with van der Waals surface area (Å²) in [5.74, 6) is -8.82. The number of benzene rings is 2. The number of hydrogen-bond donors (Lipinski definition) is 0. The van der Waals surface area contributed by atoms with Crippen molar-refractivity contribution in [3.63, 3.8) is 0 Å². The molecule has 6 heteroatoms. The lowest BCUT2D eigenvalue weighted by Gasteiger charge is -2.12. The van der Waals surface area contributed by atoms with Gasteiger partial charge in [0.05, 0.1) is 5.56 Å². The summed E-state index contributed by atoms with van der Waals surface area (Å²) in [5.41, 5.74) is -2.19. The van der Waals surface area contributed by atoms with Gasteiger partial charge in [-0.25, -0.2) is 26.3 Å². The largest absolute Gasteiger partial charge is 0.204 e. The standard InChI is InChI=1S/C17H14F6/c1-2-3-4-5-10-14(20)16(22)13(17(23)15(10)21)9-6-7-11(18)12(19)8-9/h6-8H,2-5H2,1H3. The van der Waals surface area contributed by atoms with Crippen molar-refractivity contribution < 1.29 is 26.3 Å². The molecular formula is C17H14F6. The van der Waals surface area contributed by atoms with Gasteiger partial charge in [0, 0.05) is 5.56 Å². The summed E-state index contributed by atoms with van der Waals surface area (Å²) in [4.78, 5) is 0. The molecule has 2 rings (SSSR count). The SMILES string of the molecule is CCCCCc1c(F)c(F)c(-c2ccc(F)c(F)c2)c(F)c1F. The third-order valence-corrected chi connectivity index (χ3v) is 3.59. The van der Waals surface area contributed by atoms with Crippen molar-refractivity contribution >= 4 is 0 Å². The lowest BCUT2D eigenvalue weighted by Crippen LogP contribution is -2.07. The molecule has 0 fully saturated rings. The highest BCUT2D eigenvalue weighted by Crippen LogP contribution is 2.33. The second kappa shape index (κ2) is 7.06. The zero-order valence-corrected chi connectivity index (χ0v) is 12.3. The number of hydrogen-bond acceptors (Lipinski definition) is 0. The zero-order chi connectivity index (χ0) is 17.1. The van der Waals surface area contributed by atoms with Crippen LogP contribution < -0.4 is 0 Å². The Morgan fingerprint density at radius 1 is 0.739 bits per heavy atom. The monoisotopic (exact) mass is 332 g/mol. The van der Waals surface area contributed by atoms with E-state index in [2.05, 4.69) is 0 Å². The Bertz CT molecular complexity index is 695. The quantitative estimate of drug-likeness (QED) is 0.362. The maximum Gasteiger partial charge on any atom is 0.170 e. The van der Waals surface area contributed by atoms with Gasteiger partial charge in [-0.3, -0.25) is 0 Å². The van der Waals surface area contributed by atoms with Crippen LogP contribution in [0.5, 0.6) is 0 Å². The highest BCUT2D eigenvalue weighted by molar-refractivity contribution is 5.66. The Hall–Kier alpha value is -1.98. The second-order valence-corrected chi connectivity index (χ2v) is 5.20.